The van der Waals surface area contributed by atoms with Gasteiger partial charge in [0.25, 0.3) is 5.89 Å². The number of carbonyl (C=O) groups excluding carboxylic acids is 1. The van der Waals surface area contributed by atoms with E-state index in [-0.39, 0.29) is 28.6 Å². The van der Waals surface area contributed by atoms with Crippen molar-refractivity contribution in [2.45, 2.75) is 43.2 Å². The number of benzene rings is 1. The maximum atomic E-state index is 12.9. The molecule has 11 heteroatoms. The summed E-state index contributed by atoms with van der Waals surface area (Å²) in [5.41, 5.74) is 1.61. The Labute approximate surface area is 198 Å². The van der Waals surface area contributed by atoms with Gasteiger partial charge < -0.3 is 14.3 Å². The highest BCUT2D eigenvalue weighted by atomic mass is 32.2. The Morgan fingerprint density at radius 1 is 1.09 bits per heavy atom. The molecule has 4 heterocycles. The maximum absolute atomic E-state index is 12.9. The van der Waals surface area contributed by atoms with Crippen molar-refractivity contribution in [3.05, 3.63) is 54.0 Å². The molecule has 10 nitrogen and oxygen atoms in total. The van der Waals surface area contributed by atoms with Crippen LogP contribution in [0.4, 0.5) is 0 Å². The number of nitrogens with zero attached hydrogens (tertiary/aromatic N) is 4. The van der Waals surface area contributed by atoms with Crippen LogP contribution in [0.1, 0.15) is 41.9 Å². The van der Waals surface area contributed by atoms with Crippen molar-refractivity contribution in [1.82, 2.24) is 29.7 Å². The molecule has 1 aromatic carbocycles. The van der Waals surface area contributed by atoms with Crippen LogP contribution in [0.25, 0.3) is 11.6 Å². The third-order valence-electron chi connectivity index (χ3n) is 6.36. The number of hydrogen-bond acceptors (Lipinski definition) is 7. The molecule has 34 heavy (non-hydrogen) atoms. The summed E-state index contributed by atoms with van der Waals surface area (Å²) in [5, 5.41) is 7.76. The van der Waals surface area contributed by atoms with E-state index in [2.05, 4.69) is 36.9 Å². The molecule has 2 saturated heterocycles. The van der Waals surface area contributed by atoms with Crippen molar-refractivity contribution < 1.29 is 17.6 Å². The van der Waals surface area contributed by atoms with Crippen LogP contribution in [0.5, 0.6) is 0 Å². The molecule has 0 bridgehead atoms. The van der Waals surface area contributed by atoms with Crippen LogP contribution in [0.3, 0.4) is 0 Å². The fourth-order valence-corrected chi connectivity index (χ4v) is 5.76. The minimum absolute atomic E-state index is 0.0817. The van der Waals surface area contributed by atoms with Gasteiger partial charge in [-0.05, 0) is 37.3 Å². The number of likely N-dealkylation sites (tertiary alicyclic amines) is 2. The van der Waals surface area contributed by atoms with Crippen LogP contribution in [0.2, 0.25) is 0 Å². The standard InChI is InChI=1S/C23H28N6O4S/c30-23(29-10-4-5-11-29)22-26-25-21(33-22)20-14-19(15-24-20)34(31,32)27-18-8-12-28(13-9-18)16-17-6-2-1-3-7-17/h1-3,6-7,14-15,18,24,27H,4-5,8-13,16H2. The fourth-order valence-electron chi connectivity index (χ4n) is 4.47. The van der Waals surface area contributed by atoms with Crippen molar-refractivity contribution in [2.24, 2.45) is 0 Å². The summed E-state index contributed by atoms with van der Waals surface area (Å²) in [6, 6.07) is 11.6. The number of sulfonamides is 1. The Balaban J connectivity index is 1.18. The van der Waals surface area contributed by atoms with Crippen LogP contribution in [-0.2, 0) is 16.6 Å². The smallest absolute Gasteiger partial charge is 0.311 e. The second kappa shape index (κ2) is 9.69. The van der Waals surface area contributed by atoms with E-state index in [1.165, 1.54) is 17.8 Å². The molecule has 0 atom stereocenters. The highest BCUT2D eigenvalue weighted by Crippen LogP contribution is 2.23. The van der Waals surface area contributed by atoms with Crippen LogP contribution in [-0.4, -0.2) is 71.5 Å². The van der Waals surface area contributed by atoms with Crippen molar-refractivity contribution in [3.63, 3.8) is 0 Å². The molecule has 0 spiro atoms. The number of hydrogen-bond donors (Lipinski definition) is 2. The van der Waals surface area contributed by atoms with E-state index in [0.717, 1.165) is 45.3 Å². The average molecular weight is 485 g/mol. The summed E-state index contributed by atoms with van der Waals surface area (Å²) in [6.45, 7) is 3.89. The Kier molecular flexibility index (Phi) is 6.48. The van der Waals surface area contributed by atoms with Gasteiger partial charge in [0, 0.05) is 45.0 Å². The molecule has 2 N–H and O–H groups in total. The summed E-state index contributed by atoms with van der Waals surface area (Å²) in [5.74, 6) is -0.301. The van der Waals surface area contributed by atoms with Gasteiger partial charge in [-0.25, -0.2) is 13.1 Å². The van der Waals surface area contributed by atoms with Crippen molar-refractivity contribution in [2.75, 3.05) is 26.2 Å². The number of nitrogens with one attached hydrogen (secondary N) is 2. The lowest BCUT2D eigenvalue weighted by Gasteiger charge is -2.32. The summed E-state index contributed by atoms with van der Waals surface area (Å²) < 4.78 is 34.2. The Bertz CT molecular complexity index is 1230. The fraction of sp³-hybridized carbons (Fsp3) is 0.435. The number of carbonyl (C=O) groups is 1. The maximum Gasteiger partial charge on any atom is 0.311 e. The zero-order valence-corrected chi connectivity index (χ0v) is 19.6. The number of H-pyrrole nitrogens is 1. The molecule has 0 radical (unpaired) electrons. The molecule has 3 aromatic rings. The molecule has 0 aliphatic carbocycles. The van der Waals surface area contributed by atoms with Gasteiger partial charge in [-0.1, -0.05) is 30.3 Å². The van der Waals surface area contributed by atoms with Gasteiger partial charge in [-0.3, -0.25) is 9.69 Å². The summed E-state index contributed by atoms with van der Waals surface area (Å²) >= 11 is 0. The van der Waals surface area contributed by atoms with Gasteiger partial charge in [0.05, 0.1) is 0 Å². The number of aromatic nitrogens is 3. The second-order valence-corrected chi connectivity index (χ2v) is 10.5. The molecule has 5 rings (SSSR count). The Morgan fingerprint density at radius 3 is 2.56 bits per heavy atom. The lowest BCUT2D eigenvalue weighted by atomic mass is 10.1. The van der Waals surface area contributed by atoms with E-state index in [4.69, 9.17) is 4.42 Å². The molecule has 2 aliphatic heterocycles. The normalized spacial score (nSPS) is 17.9. The van der Waals surface area contributed by atoms with Crippen LogP contribution in [0, 0.1) is 0 Å². The molecule has 2 aliphatic rings. The highest BCUT2D eigenvalue weighted by Gasteiger charge is 2.28. The van der Waals surface area contributed by atoms with E-state index in [1.54, 1.807) is 4.90 Å². The van der Waals surface area contributed by atoms with Crippen LogP contribution >= 0.6 is 0 Å². The Hall–Kier alpha value is -3.02. The average Bonchev–Trinajstić information content (AvgIpc) is 3.62. The summed E-state index contributed by atoms with van der Waals surface area (Å²) in [6.07, 6.45) is 4.81. The first kappa shape index (κ1) is 22.8. The van der Waals surface area contributed by atoms with E-state index in [0.29, 0.717) is 18.8 Å². The monoisotopic (exact) mass is 484 g/mol. The topological polar surface area (TPSA) is 124 Å². The molecule has 0 unspecified atom stereocenters. The van der Waals surface area contributed by atoms with Crippen molar-refractivity contribution >= 4 is 15.9 Å². The largest absolute Gasteiger partial charge is 0.411 e. The molecular weight excluding hydrogens is 456 g/mol. The highest BCUT2D eigenvalue weighted by molar-refractivity contribution is 7.89. The molecule has 0 saturated carbocycles. The Morgan fingerprint density at radius 2 is 1.82 bits per heavy atom. The van der Waals surface area contributed by atoms with Crippen LogP contribution in [0.15, 0.2) is 51.9 Å². The number of amides is 1. The minimum atomic E-state index is -3.71. The number of rotatable bonds is 7. The third kappa shape index (κ3) is 5.06. The van der Waals surface area contributed by atoms with Gasteiger partial charge in [-0.2, -0.15) is 0 Å². The summed E-state index contributed by atoms with van der Waals surface area (Å²) in [7, 11) is -3.71. The first-order valence-corrected chi connectivity index (χ1v) is 13.1. The van der Waals surface area contributed by atoms with Gasteiger partial charge in [0.15, 0.2) is 0 Å². The third-order valence-corrected chi connectivity index (χ3v) is 7.86. The van der Waals surface area contributed by atoms with E-state index in [9.17, 15) is 13.2 Å². The minimum Gasteiger partial charge on any atom is -0.411 e. The first-order chi connectivity index (χ1) is 16.5. The molecule has 2 aromatic heterocycles. The number of aromatic amines is 1. The van der Waals surface area contributed by atoms with Gasteiger partial charge in [-0.15, -0.1) is 10.2 Å². The van der Waals surface area contributed by atoms with E-state index in [1.807, 2.05) is 18.2 Å². The number of piperidine rings is 1. The van der Waals surface area contributed by atoms with Crippen molar-refractivity contribution in [3.8, 4) is 11.6 Å². The SMILES string of the molecule is O=C(c1nnc(-c2cc(S(=O)(=O)NC3CCN(Cc4ccccc4)CC3)c[nH]2)o1)N1CCCC1. The zero-order chi connectivity index (χ0) is 23.5. The molecule has 180 valence electrons. The van der Waals surface area contributed by atoms with E-state index < -0.39 is 10.0 Å². The summed E-state index contributed by atoms with van der Waals surface area (Å²) in [4.78, 5) is 19.4. The van der Waals surface area contributed by atoms with Gasteiger partial charge in [0.1, 0.15) is 10.6 Å². The van der Waals surface area contributed by atoms with Gasteiger partial charge in [0.2, 0.25) is 10.0 Å². The van der Waals surface area contributed by atoms with Crippen molar-refractivity contribution in [1.29, 1.82) is 0 Å². The van der Waals surface area contributed by atoms with E-state index >= 15 is 0 Å². The van der Waals surface area contributed by atoms with Gasteiger partial charge >= 0.3 is 11.8 Å². The molecular formula is C23H28N6O4S. The molecule has 1 amide bonds. The lowest BCUT2D eigenvalue weighted by Crippen LogP contribution is -2.44. The van der Waals surface area contributed by atoms with Crippen LogP contribution < -0.4 is 4.72 Å². The predicted molar refractivity (Wildman–Crippen MR) is 124 cm³/mol. The second-order valence-electron chi connectivity index (χ2n) is 8.82. The zero-order valence-electron chi connectivity index (χ0n) is 18.8. The quantitative estimate of drug-likeness (QED) is 0.527. The first-order valence-electron chi connectivity index (χ1n) is 11.6. The lowest BCUT2D eigenvalue weighted by molar-refractivity contribution is 0.0754. The molecule has 2 fully saturated rings. The predicted octanol–water partition coefficient (Wildman–Crippen LogP) is 2.24.